The number of aromatic nitrogens is 2. The SMILES string of the molecule is CCOC(=O)c1ccc(N2CCN(C(=O)c3cc4ccccc4n3Cc3ccccc3F)CC2)nc1. The number of amides is 1. The van der Waals surface area contributed by atoms with E-state index in [1.165, 1.54) is 12.3 Å². The van der Waals surface area contributed by atoms with Gasteiger partial charge in [-0.1, -0.05) is 36.4 Å². The molecule has 3 heterocycles. The van der Waals surface area contributed by atoms with Gasteiger partial charge in [0.1, 0.15) is 17.3 Å². The standard InChI is InChI=1S/C28H27FN4O3/c1-2-36-28(35)21-11-12-26(30-18-21)31-13-15-32(16-14-31)27(34)25-17-20-7-4-6-10-24(20)33(25)19-22-8-3-5-9-23(22)29/h3-12,17-18H,2,13-16,19H2,1H3. The maximum absolute atomic E-state index is 14.4. The Morgan fingerprint density at radius 1 is 0.972 bits per heavy atom. The summed E-state index contributed by atoms with van der Waals surface area (Å²) in [5.41, 5.74) is 2.39. The molecule has 7 nitrogen and oxygen atoms in total. The fourth-order valence-corrected chi connectivity index (χ4v) is 4.56. The van der Waals surface area contributed by atoms with Crippen molar-refractivity contribution in [3.05, 3.63) is 95.6 Å². The zero-order chi connectivity index (χ0) is 25.1. The Bertz CT molecular complexity index is 1390. The van der Waals surface area contributed by atoms with Gasteiger partial charge in [-0.3, -0.25) is 4.79 Å². The number of pyridine rings is 1. The van der Waals surface area contributed by atoms with Gasteiger partial charge in [-0.2, -0.15) is 0 Å². The molecule has 2 aromatic carbocycles. The lowest BCUT2D eigenvalue weighted by Crippen LogP contribution is -2.49. The number of anilines is 1. The predicted octanol–water partition coefficient (Wildman–Crippen LogP) is 4.36. The third-order valence-corrected chi connectivity index (χ3v) is 6.47. The number of nitrogens with zero attached hydrogens (tertiary/aromatic N) is 4. The van der Waals surface area contributed by atoms with Crippen molar-refractivity contribution in [2.24, 2.45) is 0 Å². The first-order valence-electron chi connectivity index (χ1n) is 12.0. The molecule has 0 radical (unpaired) electrons. The molecular formula is C28H27FN4O3. The highest BCUT2D eigenvalue weighted by Crippen LogP contribution is 2.24. The average Bonchev–Trinajstić information content (AvgIpc) is 3.28. The number of halogens is 1. The molecule has 0 N–H and O–H groups in total. The Balaban J connectivity index is 1.32. The van der Waals surface area contributed by atoms with Gasteiger partial charge in [0.05, 0.1) is 18.7 Å². The minimum absolute atomic E-state index is 0.0761. The van der Waals surface area contributed by atoms with Crippen LogP contribution in [0.25, 0.3) is 10.9 Å². The Labute approximate surface area is 208 Å². The van der Waals surface area contributed by atoms with E-state index in [9.17, 15) is 14.0 Å². The first-order valence-corrected chi connectivity index (χ1v) is 12.0. The van der Waals surface area contributed by atoms with Gasteiger partial charge in [0, 0.05) is 48.8 Å². The summed E-state index contributed by atoms with van der Waals surface area (Å²) in [6, 6.07) is 19.8. The minimum Gasteiger partial charge on any atom is -0.462 e. The monoisotopic (exact) mass is 486 g/mol. The van der Waals surface area contributed by atoms with Crippen molar-refractivity contribution in [1.82, 2.24) is 14.5 Å². The van der Waals surface area contributed by atoms with Gasteiger partial charge in [-0.05, 0) is 37.3 Å². The molecule has 36 heavy (non-hydrogen) atoms. The summed E-state index contributed by atoms with van der Waals surface area (Å²) in [4.78, 5) is 33.8. The third kappa shape index (κ3) is 4.66. The van der Waals surface area contributed by atoms with E-state index in [0.29, 0.717) is 49.6 Å². The van der Waals surface area contributed by atoms with Crippen molar-refractivity contribution >= 4 is 28.6 Å². The summed E-state index contributed by atoms with van der Waals surface area (Å²) >= 11 is 0. The second-order valence-corrected chi connectivity index (χ2v) is 8.67. The molecule has 1 amide bonds. The summed E-state index contributed by atoms with van der Waals surface area (Å²) in [7, 11) is 0. The molecule has 1 aliphatic heterocycles. The Morgan fingerprint density at radius 2 is 1.72 bits per heavy atom. The van der Waals surface area contributed by atoms with Crippen LogP contribution in [0.2, 0.25) is 0 Å². The van der Waals surface area contributed by atoms with Crippen LogP contribution in [0.5, 0.6) is 0 Å². The van der Waals surface area contributed by atoms with Crippen molar-refractivity contribution in [3.63, 3.8) is 0 Å². The lowest BCUT2D eigenvalue weighted by Gasteiger charge is -2.35. The highest BCUT2D eigenvalue weighted by atomic mass is 19.1. The van der Waals surface area contributed by atoms with E-state index in [2.05, 4.69) is 9.88 Å². The smallest absolute Gasteiger partial charge is 0.339 e. The number of ether oxygens (including phenoxy) is 1. The summed E-state index contributed by atoms with van der Waals surface area (Å²) in [6.07, 6.45) is 1.52. The molecule has 0 unspecified atom stereocenters. The Hall–Kier alpha value is -4.20. The molecule has 2 aromatic heterocycles. The molecule has 0 saturated carbocycles. The second-order valence-electron chi connectivity index (χ2n) is 8.67. The fraction of sp³-hybridized carbons (Fsp3) is 0.250. The van der Waals surface area contributed by atoms with Crippen molar-refractivity contribution < 1.29 is 18.7 Å². The number of benzene rings is 2. The minimum atomic E-state index is -0.391. The van der Waals surface area contributed by atoms with Crippen LogP contribution in [0.1, 0.15) is 33.3 Å². The topological polar surface area (TPSA) is 67.7 Å². The number of para-hydroxylation sites is 1. The number of carbonyl (C=O) groups excluding carboxylic acids is 2. The van der Waals surface area contributed by atoms with Gasteiger partial charge in [-0.25, -0.2) is 14.2 Å². The maximum atomic E-state index is 14.4. The molecule has 1 fully saturated rings. The quantitative estimate of drug-likeness (QED) is 0.379. The third-order valence-electron chi connectivity index (χ3n) is 6.47. The van der Waals surface area contributed by atoms with E-state index in [-0.39, 0.29) is 18.3 Å². The molecule has 4 aromatic rings. The van der Waals surface area contributed by atoms with Crippen LogP contribution < -0.4 is 4.90 Å². The van der Waals surface area contributed by atoms with Gasteiger partial charge in [0.15, 0.2) is 0 Å². The van der Waals surface area contributed by atoms with Gasteiger partial charge in [-0.15, -0.1) is 0 Å². The van der Waals surface area contributed by atoms with Crippen LogP contribution >= 0.6 is 0 Å². The highest BCUT2D eigenvalue weighted by Gasteiger charge is 2.26. The summed E-state index contributed by atoms with van der Waals surface area (Å²) in [6.45, 7) is 4.65. The summed E-state index contributed by atoms with van der Waals surface area (Å²) in [5.74, 6) is -0.00173. The molecule has 1 aliphatic rings. The number of piperazine rings is 1. The zero-order valence-electron chi connectivity index (χ0n) is 20.1. The number of fused-ring (bicyclic) bond motifs is 1. The average molecular weight is 487 g/mol. The van der Waals surface area contributed by atoms with Crippen molar-refractivity contribution in [3.8, 4) is 0 Å². The maximum Gasteiger partial charge on any atom is 0.339 e. The molecule has 0 atom stereocenters. The lowest BCUT2D eigenvalue weighted by molar-refractivity contribution is 0.0525. The molecule has 184 valence electrons. The van der Waals surface area contributed by atoms with E-state index < -0.39 is 5.97 Å². The lowest BCUT2D eigenvalue weighted by atomic mass is 10.2. The van der Waals surface area contributed by atoms with E-state index >= 15 is 0 Å². The predicted molar refractivity (Wildman–Crippen MR) is 136 cm³/mol. The van der Waals surface area contributed by atoms with E-state index in [1.54, 1.807) is 37.3 Å². The van der Waals surface area contributed by atoms with Crippen LogP contribution in [0, 0.1) is 5.82 Å². The number of hydrogen-bond acceptors (Lipinski definition) is 5. The number of rotatable bonds is 6. The van der Waals surface area contributed by atoms with Crippen LogP contribution in [0.15, 0.2) is 72.9 Å². The fourth-order valence-electron chi connectivity index (χ4n) is 4.56. The van der Waals surface area contributed by atoms with E-state index in [4.69, 9.17) is 4.74 Å². The van der Waals surface area contributed by atoms with Crippen LogP contribution in [0.4, 0.5) is 10.2 Å². The Kier molecular flexibility index (Phi) is 6.66. The number of hydrogen-bond donors (Lipinski definition) is 0. The molecule has 1 saturated heterocycles. The molecule has 8 heteroatoms. The van der Waals surface area contributed by atoms with Crippen LogP contribution in [0.3, 0.4) is 0 Å². The van der Waals surface area contributed by atoms with Crippen LogP contribution in [-0.2, 0) is 11.3 Å². The summed E-state index contributed by atoms with van der Waals surface area (Å²) < 4.78 is 21.3. The summed E-state index contributed by atoms with van der Waals surface area (Å²) in [5, 5.41) is 0.946. The molecular weight excluding hydrogens is 459 g/mol. The molecule has 0 aliphatic carbocycles. The van der Waals surface area contributed by atoms with Crippen molar-refractivity contribution in [2.75, 3.05) is 37.7 Å². The van der Waals surface area contributed by atoms with E-state index in [1.807, 2.05) is 39.8 Å². The van der Waals surface area contributed by atoms with Gasteiger partial charge >= 0.3 is 5.97 Å². The van der Waals surface area contributed by atoms with Gasteiger partial charge < -0.3 is 19.1 Å². The van der Waals surface area contributed by atoms with Crippen LogP contribution in [-0.4, -0.2) is 59.1 Å². The van der Waals surface area contributed by atoms with Gasteiger partial charge in [0.2, 0.25) is 0 Å². The van der Waals surface area contributed by atoms with Gasteiger partial charge in [0.25, 0.3) is 5.91 Å². The second kappa shape index (κ2) is 10.2. The number of esters is 1. The van der Waals surface area contributed by atoms with Crippen molar-refractivity contribution in [2.45, 2.75) is 13.5 Å². The Morgan fingerprint density at radius 3 is 2.44 bits per heavy atom. The largest absolute Gasteiger partial charge is 0.462 e. The molecule has 0 bridgehead atoms. The number of carbonyl (C=O) groups is 2. The molecule has 5 rings (SSSR count). The highest BCUT2D eigenvalue weighted by molar-refractivity contribution is 5.99. The van der Waals surface area contributed by atoms with E-state index in [0.717, 1.165) is 16.7 Å². The first kappa shape index (κ1) is 23.5. The van der Waals surface area contributed by atoms with Crippen molar-refractivity contribution in [1.29, 1.82) is 0 Å². The molecule has 0 spiro atoms. The normalized spacial score (nSPS) is 13.7. The first-order chi connectivity index (χ1) is 17.5. The zero-order valence-corrected chi connectivity index (χ0v) is 20.1.